The van der Waals surface area contributed by atoms with E-state index in [2.05, 4.69) is 30.6 Å². The van der Waals surface area contributed by atoms with Gasteiger partial charge in [-0.05, 0) is 38.0 Å². The number of piperidine rings is 1. The number of nitrogens with one attached hydrogen (secondary N) is 2. The molecule has 0 aliphatic carbocycles. The highest BCUT2D eigenvalue weighted by Crippen LogP contribution is 2.30. The van der Waals surface area contributed by atoms with Crippen molar-refractivity contribution >= 4 is 5.91 Å². The lowest BCUT2D eigenvalue weighted by atomic mass is 10.00. The van der Waals surface area contributed by atoms with E-state index >= 15 is 0 Å². The molecule has 0 spiro atoms. The number of carbonyl (C=O) groups is 1. The van der Waals surface area contributed by atoms with Crippen LogP contribution < -0.4 is 20.1 Å². The van der Waals surface area contributed by atoms with Gasteiger partial charge in [-0.1, -0.05) is 0 Å². The first kappa shape index (κ1) is 24.3. The molecule has 1 unspecified atom stereocenters. The average Bonchev–Trinajstić information content (AvgIpc) is 2.85. The van der Waals surface area contributed by atoms with E-state index in [1.807, 2.05) is 6.92 Å². The van der Waals surface area contributed by atoms with Crippen molar-refractivity contribution in [3.63, 3.8) is 0 Å². The number of alkyl halides is 3. The van der Waals surface area contributed by atoms with Gasteiger partial charge in [0.25, 0.3) is 11.8 Å². The van der Waals surface area contributed by atoms with Crippen molar-refractivity contribution in [2.45, 2.75) is 38.0 Å². The number of hydrogen-bond acceptors (Lipinski definition) is 8. The zero-order valence-corrected chi connectivity index (χ0v) is 18.7. The molecule has 184 valence electrons. The standard InChI is InChI=1S/C23H23F3N6O3/c1-2-34-18-4-3-7-28-22(18)35-17-8-14(9-27-13-17)20-30-10-15(11-31-20)21(33)32-16-5-6-19(29-12-16)23(24,25)26/h3-4,7-11,13,16,19,29H,2,5-6,12H2,1H3,(H,32,33)/t16?,19-/m1/s1. The van der Waals surface area contributed by atoms with E-state index in [4.69, 9.17) is 9.47 Å². The fourth-order valence-corrected chi connectivity index (χ4v) is 3.55. The van der Waals surface area contributed by atoms with Crippen molar-refractivity contribution in [3.8, 4) is 28.8 Å². The largest absolute Gasteiger partial charge is 0.488 e. The molecule has 0 radical (unpaired) electrons. The van der Waals surface area contributed by atoms with E-state index in [-0.39, 0.29) is 24.9 Å². The van der Waals surface area contributed by atoms with Crippen LogP contribution in [0.3, 0.4) is 0 Å². The smallest absolute Gasteiger partial charge is 0.403 e. The monoisotopic (exact) mass is 488 g/mol. The summed E-state index contributed by atoms with van der Waals surface area (Å²) in [6, 6.07) is 3.20. The Bertz CT molecular complexity index is 1150. The first-order valence-electron chi connectivity index (χ1n) is 11.0. The van der Waals surface area contributed by atoms with Gasteiger partial charge in [0.15, 0.2) is 11.6 Å². The molecular weight excluding hydrogens is 465 g/mol. The third-order valence-corrected chi connectivity index (χ3v) is 5.28. The predicted octanol–water partition coefficient (Wildman–Crippen LogP) is 3.54. The molecule has 12 heteroatoms. The van der Waals surface area contributed by atoms with Crippen molar-refractivity contribution < 1.29 is 27.4 Å². The Kier molecular flexibility index (Phi) is 7.39. The van der Waals surface area contributed by atoms with E-state index in [1.54, 1.807) is 30.6 Å². The molecule has 35 heavy (non-hydrogen) atoms. The molecule has 1 aliphatic heterocycles. The summed E-state index contributed by atoms with van der Waals surface area (Å²) in [5, 5.41) is 5.15. The summed E-state index contributed by atoms with van der Waals surface area (Å²) in [5.74, 6) is 1.05. The number of aromatic nitrogens is 4. The quantitative estimate of drug-likeness (QED) is 0.520. The Hall–Kier alpha value is -3.80. The van der Waals surface area contributed by atoms with Crippen LogP contribution in [0.15, 0.2) is 49.2 Å². The Morgan fingerprint density at radius 2 is 1.97 bits per heavy atom. The first-order valence-corrected chi connectivity index (χ1v) is 11.0. The molecule has 4 heterocycles. The topological polar surface area (TPSA) is 111 Å². The number of amides is 1. The van der Waals surface area contributed by atoms with Gasteiger partial charge in [-0.25, -0.2) is 15.0 Å². The highest BCUT2D eigenvalue weighted by Gasteiger charge is 2.41. The number of ether oxygens (including phenoxy) is 2. The first-order chi connectivity index (χ1) is 16.8. The molecule has 3 aromatic rings. The lowest BCUT2D eigenvalue weighted by molar-refractivity contribution is -0.160. The number of pyridine rings is 2. The predicted molar refractivity (Wildman–Crippen MR) is 119 cm³/mol. The molecule has 0 saturated carbocycles. The van der Waals surface area contributed by atoms with Crippen molar-refractivity contribution in [2.75, 3.05) is 13.2 Å². The molecule has 1 aliphatic rings. The van der Waals surface area contributed by atoms with E-state index < -0.39 is 24.2 Å². The molecule has 1 fully saturated rings. The van der Waals surface area contributed by atoms with Crippen LogP contribution >= 0.6 is 0 Å². The Morgan fingerprint density at radius 3 is 2.66 bits per heavy atom. The van der Waals surface area contributed by atoms with Crippen LogP contribution in [0.2, 0.25) is 0 Å². The molecule has 2 atom stereocenters. The van der Waals surface area contributed by atoms with E-state index in [0.29, 0.717) is 35.4 Å². The summed E-state index contributed by atoms with van der Waals surface area (Å²) in [6.45, 7) is 2.35. The fraction of sp³-hybridized carbons (Fsp3) is 0.348. The van der Waals surface area contributed by atoms with Gasteiger partial charge in [-0.2, -0.15) is 13.2 Å². The second kappa shape index (κ2) is 10.6. The van der Waals surface area contributed by atoms with Crippen LogP contribution in [0, 0.1) is 0 Å². The number of carbonyl (C=O) groups excluding carboxylic acids is 1. The van der Waals surface area contributed by atoms with Gasteiger partial charge in [-0.15, -0.1) is 0 Å². The summed E-state index contributed by atoms with van der Waals surface area (Å²) < 4.78 is 49.6. The summed E-state index contributed by atoms with van der Waals surface area (Å²) in [6.07, 6.45) is 3.18. The number of nitrogens with zero attached hydrogens (tertiary/aromatic N) is 4. The number of hydrogen-bond donors (Lipinski definition) is 2. The molecular formula is C23H23F3N6O3. The van der Waals surface area contributed by atoms with Gasteiger partial charge >= 0.3 is 6.18 Å². The van der Waals surface area contributed by atoms with Gasteiger partial charge in [0.05, 0.1) is 18.4 Å². The molecule has 1 amide bonds. The number of rotatable bonds is 7. The minimum absolute atomic E-state index is 0.0363. The highest BCUT2D eigenvalue weighted by molar-refractivity contribution is 5.93. The van der Waals surface area contributed by atoms with E-state index in [0.717, 1.165) is 0 Å². The second-order valence-corrected chi connectivity index (χ2v) is 7.80. The number of halogens is 3. The molecule has 1 saturated heterocycles. The van der Waals surface area contributed by atoms with Gasteiger partial charge in [0, 0.05) is 42.9 Å². The average molecular weight is 488 g/mol. The van der Waals surface area contributed by atoms with E-state index in [9.17, 15) is 18.0 Å². The minimum atomic E-state index is -4.29. The molecule has 9 nitrogen and oxygen atoms in total. The van der Waals surface area contributed by atoms with Crippen molar-refractivity contribution in [3.05, 3.63) is 54.7 Å². The zero-order chi connectivity index (χ0) is 24.8. The van der Waals surface area contributed by atoms with Crippen molar-refractivity contribution in [1.29, 1.82) is 0 Å². The summed E-state index contributed by atoms with van der Waals surface area (Å²) in [4.78, 5) is 29.3. The third-order valence-electron chi connectivity index (χ3n) is 5.28. The molecule has 0 aromatic carbocycles. The normalized spacial score (nSPS) is 18.1. The van der Waals surface area contributed by atoms with Gasteiger partial charge in [0.1, 0.15) is 11.8 Å². The van der Waals surface area contributed by atoms with Gasteiger partial charge in [0.2, 0.25) is 0 Å². The molecule has 4 rings (SSSR count). The van der Waals surface area contributed by atoms with Crippen LogP contribution in [0.4, 0.5) is 13.2 Å². The van der Waals surface area contributed by atoms with Crippen molar-refractivity contribution in [1.82, 2.24) is 30.6 Å². The van der Waals surface area contributed by atoms with Crippen LogP contribution in [0.25, 0.3) is 11.4 Å². The van der Waals surface area contributed by atoms with Gasteiger partial charge in [-0.3, -0.25) is 9.78 Å². The Morgan fingerprint density at radius 1 is 1.17 bits per heavy atom. The highest BCUT2D eigenvalue weighted by atomic mass is 19.4. The van der Waals surface area contributed by atoms with Crippen LogP contribution in [-0.2, 0) is 0 Å². The third kappa shape index (κ3) is 6.21. The lowest BCUT2D eigenvalue weighted by Gasteiger charge is -2.31. The molecule has 3 aromatic heterocycles. The van der Waals surface area contributed by atoms with Crippen LogP contribution in [-0.4, -0.2) is 57.3 Å². The Balaban J connectivity index is 1.39. The van der Waals surface area contributed by atoms with Gasteiger partial charge < -0.3 is 20.1 Å². The maximum absolute atomic E-state index is 12.8. The fourth-order valence-electron chi connectivity index (χ4n) is 3.55. The SMILES string of the molecule is CCOc1cccnc1Oc1cncc(-c2ncc(C(=O)NC3CC[C@H](C(F)(F)F)NC3)cn2)c1. The maximum Gasteiger partial charge on any atom is 0.403 e. The van der Waals surface area contributed by atoms with E-state index in [1.165, 1.54) is 18.6 Å². The van der Waals surface area contributed by atoms with Crippen LogP contribution in [0.5, 0.6) is 17.4 Å². The summed E-state index contributed by atoms with van der Waals surface area (Å²) >= 11 is 0. The minimum Gasteiger partial charge on any atom is -0.488 e. The summed E-state index contributed by atoms with van der Waals surface area (Å²) in [5.41, 5.74) is 0.750. The molecule has 2 N–H and O–H groups in total. The Labute approximate surface area is 199 Å². The second-order valence-electron chi connectivity index (χ2n) is 7.80. The maximum atomic E-state index is 12.8. The lowest BCUT2D eigenvalue weighted by Crippen LogP contribution is -2.54. The molecule has 0 bridgehead atoms. The van der Waals surface area contributed by atoms with Crippen LogP contribution in [0.1, 0.15) is 30.1 Å². The summed E-state index contributed by atoms with van der Waals surface area (Å²) in [7, 11) is 0. The zero-order valence-electron chi connectivity index (χ0n) is 18.7. The van der Waals surface area contributed by atoms with Crippen molar-refractivity contribution in [2.24, 2.45) is 0 Å².